The summed E-state index contributed by atoms with van der Waals surface area (Å²) in [4.78, 5) is 28.4. The minimum Gasteiger partial charge on any atom is -0.452 e. The predicted octanol–water partition coefficient (Wildman–Crippen LogP) is 1.72. The monoisotopic (exact) mass is 396 g/mol. The van der Waals surface area contributed by atoms with E-state index in [0.717, 1.165) is 5.69 Å². The Bertz CT molecular complexity index is 774. The summed E-state index contributed by atoms with van der Waals surface area (Å²) in [6, 6.07) is 6.43. The summed E-state index contributed by atoms with van der Waals surface area (Å²) in [5.41, 5.74) is 1.32. The molecule has 0 bridgehead atoms. The van der Waals surface area contributed by atoms with E-state index in [2.05, 4.69) is 0 Å². The van der Waals surface area contributed by atoms with Crippen LogP contribution >= 0.6 is 0 Å². The molecule has 0 spiro atoms. The maximum absolute atomic E-state index is 12.7. The number of carbonyl (C=O) groups is 2. The Balaban J connectivity index is 2.01. The lowest BCUT2D eigenvalue weighted by Gasteiger charge is -2.33. The molecule has 0 aromatic heterocycles. The number of nitrogens with zero attached hydrogens (tertiary/aromatic N) is 2. The third-order valence-corrected chi connectivity index (χ3v) is 6.65. The van der Waals surface area contributed by atoms with Crippen molar-refractivity contribution in [1.82, 2.24) is 4.90 Å². The molecule has 2 rings (SSSR count). The number of ether oxygens (including phenoxy) is 1. The zero-order chi connectivity index (χ0) is 20.2. The van der Waals surface area contributed by atoms with Crippen LogP contribution in [0.3, 0.4) is 0 Å². The first-order chi connectivity index (χ1) is 12.6. The van der Waals surface area contributed by atoms with Crippen LogP contribution in [0.15, 0.2) is 24.3 Å². The Kier molecular flexibility index (Phi) is 6.86. The highest BCUT2D eigenvalue weighted by atomic mass is 32.2. The van der Waals surface area contributed by atoms with Crippen molar-refractivity contribution in [2.45, 2.75) is 38.8 Å². The Morgan fingerprint density at radius 3 is 2.33 bits per heavy atom. The molecule has 8 heteroatoms. The van der Waals surface area contributed by atoms with E-state index >= 15 is 0 Å². The molecule has 1 aliphatic heterocycles. The van der Waals surface area contributed by atoms with Gasteiger partial charge in [0.15, 0.2) is 16.4 Å². The Morgan fingerprint density at radius 1 is 1.22 bits per heavy atom. The first-order valence-electron chi connectivity index (χ1n) is 9.10. The van der Waals surface area contributed by atoms with E-state index in [-0.39, 0.29) is 29.5 Å². The van der Waals surface area contributed by atoms with Crippen LogP contribution in [0.1, 0.15) is 37.0 Å². The van der Waals surface area contributed by atoms with Gasteiger partial charge >= 0.3 is 5.97 Å². The van der Waals surface area contributed by atoms with Crippen LogP contribution in [-0.2, 0) is 19.4 Å². The van der Waals surface area contributed by atoms with Gasteiger partial charge in [0.25, 0.3) is 5.91 Å². The normalized spacial score (nSPS) is 19.3. The summed E-state index contributed by atoms with van der Waals surface area (Å²) in [6.45, 7) is 3.42. The average Bonchev–Trinajstić information content (AvgIpc) is 2.99. The number of hydrogen-bond acceptors (Lipinski definition) is 6. The lowest BCUT2D eigenvalue weighted by atomic mass is 10.1. The lowest BCUT2D eigenvalue weighted by molar-refractivity contribution is -0.138. The zero-order valence-corrected chi connectivity index (χ0v) is 17.2. The largest absolute Gasteiger partial charge is 0.452 e. The van der Waals surface area contributed by atoms with Crippen LogP contribution in [0.25, 0.3) is 0 Å². The second kappa shape index (κ2) is 8.73. The van der Waals surface area contributed by atoms with Gasteiger partial charge in [-0.05, 0) is 44.0 Å². The molecule has 0 unspecified atom stereocenters. The highest BCUT2D eigenvalue weighted by molar-refractivity contribution is 7.91. The molecule has 0 N–H and O–H groups in total. The molecule has 1 fully saturated rings. The number of esters is 1. The van der Waals surface area contributed by atoms with E-state index in [1.807, 2.05) is 32.8 Å². The number of amides is 1. The van der Waals surface area contributed by atoms with Crippen molar-refractivity contribution in [1.29, 1.82) is 0 Å². The van der Waals surface area contributed by atoms with E-state index in [9.17, 15) is 18.0 Å². The number of anilines is 1. The number of benzene rings is 1. The van der Waals surface area contributed by atoms with Crippen molar-refractivity contribution < 1.29 is 22.7 Å². The predicted molar refractivity (Wildman–Crippen MR) is 105 cm³/mol. The highest BCUT2D eigenvalue weighted by Crippen LogP contribution is 2.21. The van der Waals surface area contributed by atoms with Gasteiger partial charge in [-0.2, -0.15) is 0 Å². The average molecular weight is 397 g/mol. The summed E-state index contributed by atoms with van der Waals surface area (Å²) in [5, 5.41) is 0. The second-order valence-electron chi connectivity index (χ2n) is 7.13. The summed E-state index contributed by atoms with van der Waals surface area (Å²) in [7, 11) is 0.696. The molecule has 0 aliphatic carbocycles. The van der Waals surface area contributed by atoms with Crippen molar-refractivity contribution in [2.75, 3.05) is 37.1 Å². The van der Waals surface area contributed by atoms with E-state index in [1.165, 1.54) is 0 Å². The summed E-state index contributed by atoms with van der Waals surface area (Å²) < 4.78 is 28.7. The topological polar surface area (TPSA) is 84.0 Å². The molecule has 7 nitrogen and oxygen atoms in total. The van der Waals surface area contributed by atoms with Gasteiger partial charge in [-0.15, -0.1) is 0 Å². The quantitative estimate of drug-likeness (QED) is 0.653. The molecule has 150 valence electrons. The molecular weight excluding hydrogens is 368 g/mol. The number of rotatable bonds is 7. The van der Waals surface area contributed by atoms with E-state index in [0.29, 0.717) is 18.4 Å². The van der Waals surface area contributed by atoms with Crippen molar-refractivity contribution >= 4 is 27.4 Å². The van der Waals surface area contributed by atoms with E-state index in [4.69, 9.17) is 4.74 Å². The van der Waals surface area contributed by atoms with Crippen LogP contribution in [0.2, 0.25) is 0 Å². The molecular formula is C19H28N2O5S. The third-order valence-electron chi connectivity index (χ3n) is 4.90. The van der Waals surface area contributed by atoms with Crippen molar-refractivity contribution in [3.05, 3.63) is 29.8 Å². The fourth-order valence-corrected chi connectivity index (χ4v) is 4.89. The van der Waals surface area contributed by atoms with Crippen molar-refractivity contribution in [3.8, 4) is 0 Å². The van der Waals surface area contributed by atoms with Gasteiger partial charge < -0.3 is 14.5 Å². The molecule has 2 atom stereocenters. The van der Waals surface area contributed by atoms with Gasteiger partial charge in [-0.1, -0.05) is 6.92 Å². The fraction of sp³-hybridized carbons (Fsp3) is 0.579. The smallest absolute Gasteiger partial charge is 0.338 e. The minimum absolute atomic E-state index is 0.0248. The van der Waals surface area contributed by atoms with Crippen LogP contribution in [0.4, 0.5) is 5.69 Å². The van der Waals surface area contributed by atoms with Crippen LogP contribution in [0, 0.1) is 0 Å². The number of carbonyl (C=O) groups excluding carboxylic acids is 2. The molecule has 1 saturated heterocycles. The standard InChI is InChI=1S/C19H28N2O5S/c1-5-14(2)21(17-10-11-27(24,25)13-17)18(22)12-26-19(23)15-6-8-16(9-7-15)20(3)4/h6-9,14,17H,5,10-13H2,1-4H3/t14-,17-/m0/s1. The molecule has 27 heavy (non-hydrogen) atoms. The Morgan fingerprint density at radius 2 is 1.85 bits per heavy atom. The van der Waals surface area contributed by atoms with Gasteiger partial charge in [0.1, 0.15) is 0 Å². The SMILES string of the molecule is CC[C@H](C)N(C(=O)COC(=O)c1ccc(N(C)C)cc1)[C@H]1CCS(=O)(=O)C1. The Hall–Kier alpha value is -2.09. The second-order valence-corrected chi connectivity index (χ2v) is 9.36. The molecule has 1 aromatic rings. The summed E-state index contributed by atoms with van der Waals surface area (Å²) >= 11 is 0. The lowest BCUT2D eigenvalue weighted by Crippen LogP contribution is -2.48. The third kappa shape index (κ3) is 5.45. The molecule has 1 heterocycles. The number of hydrogen-bond donors (Lipinski definition) is 0. The van der Waals surface area contributed by atoms with Crippen molar-refractivity contribution in [2.24, 2.45) is 0 Å². The molecule has 1 aliphatic rings. The van der Waals surface area contributed by atoms with Gasteiger partial charge in [-0.3, -0.25) is 4.79 Å². The van der Waals surface area contributed by atoms with E-state index < -0.39 is 22.4 Å². The highest BCUT2D eigenvalue weighted by Gasteiger charge is 2.36. The summed E-state index contributed by atoms with van der Waals surface area (Å²) in [5.74, 6) is -0.861. The van der Waals surface area contributed by atoms with Crippen LogP contribution < -0.4 is 4.90 Å². The first kappa shape index (κ1) is 21.2. The fourth-order valence-electron chi connectivity index (χ4n) is 3.18. The van der Waals surface area contributed by atoms with Gasteiger partial charge in [0.2, 0.25) is 0 Å². The molecule has 0 radical (unpaired) electrons. The van der Waals surface area contributed by atoms with Gasteiger partial charge in [-0.25, -0.2) is 13.2 Å². The van der Waals surface area contributed by atoms with Crippen LogP contribution in [-0.4, -0.2) is 69.5 Å². The van der Waals surface area contributed by atoms with Crippen molar-refractivity contribution in [3.63, 3.8) is 0 Å². The maximum atomic E-state index is 12.7. The zero-order valence-electron chi connectivity index (χ0n) is 16.3. The van der Waals surface area contributed by atoms with Gasteiger partial charge in [0, 0.05) is 31.9 Å². The maximum Gasteiger partial charge on any atom is 0.338 e. The van der Waals surface area contributed by atoms with E-state index in [1.54, 1.807) is 29.2 Å². The summed E-state index contributed by atoms with van der Waals surface area (Å²) in [6.07, 6.45) is 1.13. The van der Waals surface area contributed by atoms with Crippen LogP contribution in [0.5, 0.6) is 0 Å². The Labute approximate surface area is 161 Å². The molecule has 1 aromatic carbocycles. The first-order valence-corrected chi connectivity index (χ1v) is 10.9. The van der Waals surface area contributed by atoms with Gasteiger partial charge in [0.05, 0.1) is 17.1 Å². The number of sulfone groups is 1. The molecule has 1 amide bonds. The minimum atomic E-state index is -3.11. The molecule has 0 saturated carbocycles.